The average Bonchev–Trinajstić information content (AvgIpc) is 2.95. The van der Waals surface area contributed by atoms with E-state index in [-0.39, 0.29) is 0 Å². The highest BCUT2D eigenvalue weighted by atomic mass is 16.5. The molecule has 1 N–H and O–H groups in total. The van der Waals surface area contributed by atoms with Crippen molar-refractivity contribution in [3.63, 3.8) is 0 Å². The minimum atomic E-state index is 0.376. The molecule has 2 aliphatic rings. The van der Waals surface area contributed by atoms with Gasteiger partial charge in [0, 0.05) is 24.4 Å². The van der Waals surface area contributed by atoms with Gasteiger partial charge in [0.2, 0.25) is 0 Å². The fraction of sp³-hybridized carbons (Fsp3) is 0.824. The van der Waals surface area contributed by atoms with E-state index in [2.05, 4.69) is 30.5 Å². The van der Waals surface area contributed by atoms with Gasteiger partial charge >= 0.3 is 0 Å². The van der Waals surface area contributed by atoms with Gasteiger partial charge in [0.25, 0.3) is 0 Å². The first-order chi connectivity index (χ1) is 10.3. The summed E-state index contributed by atoms with van der Waals surface area (Å²) < 4.78 is 8.31. The van der Waals surface area contributed by atoms with E-state index in [4.69, 9.17) is 4.74 Å². The highest BCUT2D eigenvalue weighted by Crippen LogP contribution is 2.53. The highest BCUT2D eigenvalue weighted by molar-refractivity contribution is 5.17. The largest absolute Gasteiger partial charge is 0.486 e. The summed E-state index contributed by atoms with van der Waals surface area (Å²) in [6.07, 6.45) is 13.3. The molecule has 1 aromatic rings. The molecule has 0 aliphatic heterocycles. The number of hydrogen-bond acceptors (Lipinski definition) is 3. The van der Waals surface area contributed by atoms with Crippen LogP contribution in [0.25, 0.3) is 0 Å². The van der Waals surface area contributed by atoms with Crippen LogP contribution in [-0.4, -0.2) is 28.5 Å². The lowest BCUT2D eigenvalue weighted by Gasteiger charge is -2.57. The monoisotopic (exact) mass is 291 g/mol. The van der Waals surface area contributed by atoms with Crippen molar-refractivity contribution >= 4 is 0 Å². The van der Waals surface area contributed by atoms with Gasteiger partial charge < -0.3 is 10.1 Å². The van der Waals surface area contributed by atoms with Crippen molar-refractivity contribution in [2.24, 2.45) is 5.41 Å². The smallest absolute Gasteiger partial charge is 0.157 e. The molecule has 0 radical (unpaired) electrons. The van der Waals surface area contributed by atoms with Gasteiger partial charge in [0.1, 0.15) is 6.10 Å². The molecular formula is C17H29N3O. The Morgan fingerprint density at radius 3 is 2.86 bits per heavy atom. The predicted molar refractivity (Wildman–Crippen MR) is 84.5 cm³/mol. The molecule has 2 unspecified atom stereocenters. The molecule has 2 fully saturated rings. The van der Waals surface area contributed by atoms with Gasteiger partial charge in [-0.05, 0) is 25.8 Å². The Kier molecular flexibility index (Phi) is 4.53. The first kappa shape index (κ1) is 14.9. The zero-order valence-corrected chi connectivity index (χ0v) is 13.5. The molecule has 118 valence electrons. The van der Waals surface area contributed by atoms with Crippen LogP contribution in [0.5, 0.6) is 5.75 Å². The topological polar surface area (TPSA) is 39.1 Å². The van der Waals surface area contributed by atoms with Crippen molar-refractivity contribution in [1.82, 2.24) is 15.1 Å². The van der Waals surface area contributed by atoms with Gasteiger partial charge in [0.05, 0.1) is 12.4 Å². The van der Waals surface area contributed by atoms with Gasteiger partial charge in [-0.3, -0.25) is 4.68 Å². The molecular weight excluding hydrogens is 262 g/mol. The third-order valence-corrected chi connectivity index (χ3v) is 5.36. The summed E-state index contributed by atoms with van der Waals surface area (Å²) in [6, 6.07) is 0.651. The van der Waals surface area contributed by atoms with Crippen LogP contribution in [0.2, 0.25) is 0 Å². The Hall–Kier alpha value is -1.03. The van der Waals surface area contributed by atoms with Gasteiger partial charge in [0.15, 0.2) is 5.75 Å². The van der Waals surface area contributed by atoms with E-state index < -0.39 is 0 Å². The number of aromatic nitrogens is 2. The number of nitrogens with zero attached hydrogens (tertiary/aromatic N) is 2. The Balaban J connectivity index is 1.66. The second kappa shape index (κ2) is 6.39. The van der Waals surface area contributed by atoms with Crippen molar-refractivity contribution in [2.45, 2.75) is 77.5 Å². The maximum Gasteiger partial charge on any atom is 0.157 e. The quantitative estimate of drug-likeness (QED) is 0.873. The van der Waals surface area contributed by atoms with Crippen LogP contribution in [0.4, 0.5) is 0 Å². The average molecular weight is 291 g/mol. The molecule has 4 nitrogen and oxygen atoms in total. The van der Waals surface area contributed by atoms with E-state index in [0.717, 1.165) is 31.7 Å². The van der Waals surface area contributed by atoms with Crippen molar-refractivity contribution < 1.29 is 4.74 Å². The van der Waals surface area contributed by atoms with Crippen molar-refractivity contribution in [2.75, 3.05) is 6.54 Å². The third kappa shape index (κ3) is 2.83. The van der Waals surface area contributed by atoms with Crippen LogP contribution in [-0.2, 0) is 6.54 Å². The van der Waals surface area contributed by atoms with Gasteiger partial charge in [-0.1, -0.05) is 33.1 Å². The minimum Gasteiger partial charge on any atom is -0.486 e. The summed E-state index contributed by atoms with van der Waals surface area (Å²) >= 11 is 0. The van der Waals surface area contributed by atoms with Crippen LogP contribution in [0.1, 0.15) is 58.8 Å². The molecule has 0 aromatic carbocycles. The minimum absolute atomic E-state index is 0.376. The van der Waals surface area contributed by atoms with Crippen LogP contribution in [0, 0.1) is 5.41 Å². The van der Waals surface area contributed by atoms with Crippen LogP contribution in [0.3, 0.4) is 0 Å². The Bertz CT molecular complexity index is 451. The molecule has 4 heteroatoms. The Morgan fingerprint density at radius 1 is 1.33 bits per heavy atom. The Labute approximate surface area is 128 Å². The van der Waals surface area contributed by atoms with Gasteiger partial charge in [-0.15, -0.1) is 0 Å². The summed E-state index contributed by atoms with van der Waals surface area (Å²) in [7, 11) is 0. The molecule has 2 atom stereocenters. The molecule has 0 bridgehead atoms. The summed E-state index contributed by atoms with van der Waals surface area (Å²) in [5.41, 5.74) is 0.376. The van der Waals surface area contributed by atoms with E-state index >= 15 is 0 Å². The fourth-order valence-corrected chi connectivity index (χ4v) is 4.25. The number of hydrogen-bond donors (Lipinski definition) is 1. The first-order valence-corrected chi connectivity index (χ1v) is 8.71. The van der Waals surface area contributed by atoms with E-state index in [0.29, 0.717) is 17.6 Å². The predicted octanol–water partition coefficient (Wildman–Crippen LogP) is 3.37. The molecule has 1 spiro atoms. The number of ether oxygens (including phenoxy) is 1. The SMILES string of the molecule is CCCn1cc(OC2CC(NCC)C23CCCCC3)cn1. The molecule has 3 rings (SSSR count). The number of aryl methyl sites for hydroxylation is 1. The van der Waals surface area contributed by atoms with Crippen molar-refractivity contribution in [3.8, 4) is 5.75 Å². The molecule has 1 aromatic heterocycles. The van der Waals surface area contributed by atoms with Crippen molar-refractivity contribution in [1.29, 1.82) is 0 Å². The summed E-state index contributed by atoms with van der Waals surface area (Å²) in [4.78, 5) is 0. The first-order valence-electron chi connectivity index (χ1n) is 8.71. The highest BCUT2D eigenvalue weighted by Gasteiger charge is 2.56. The lowest BCUT2D eigenvalue weighted by Crippen LogP contribution is -2.65. The van der Waals surface area contributed by atoms with E-state index in [1.807, 2.05) is 10.9 Å². The summed E-state index contributed by atoms with van der Waals surface area (Å²) in [5, 5.41) is 8.07. The normalized spacial score (nSPS) is 27.5. The maximum atomic E-state index is 6.32. The van der Waals surface area contributed by atoms with Gasteiger partial charge in [-0.25, -0.2) is 0 Å². The van der Waals surface area contributed by atoms with E-state index in [1.54, 1.807) is 0 Å². The van der Waals surface area contributed by atoms with Crippen LogP contribution in [0.15, 0.2) is 12.4 Å². The second-order valence-corrected chi connectivity index (χ2v) is 6.69. The third-order valence-electron chi connectivity index (χ3n) is 5.36. The lowest BCUT2D eigenvalue weighted by atomic mass is 9.55. The molecule has 1 heterocycles. The number of rotatable bonds is 6. The summed E-state index contributed by atoms with van der Waals surface area (Å²) in [6.45, 7) is 6.42. The van der Waals surface area contributed by atoms with Gasteiger partial charge in [-0.2, -0.15) is 5.10 Å². The summed E-state index contributed by atoms with van der Waals surface area (Å²) in [5.74, 6) is 0.952. The molecule has 21 heavy (non-hydrogen) atoms. The van der Waals surface area contributed by atoms with E-state index in [9.17, 15) is 0 Å². The fourth-order valence-electron chi connectivity index (χ4n) is 4.25. The zero-order valence-electron chi connectivity index (χ0n) is 13.5. The van der Waals surface area contributed by atoms with Crippen LogP contribution < -0.4 is 10.1 Å². The molecule has 2 saturated carbocycles. The lowest BCUT2D eigenvalue weighted by molar-refractivity contribution is -0.102. The second-order valence-electron chi connectivity index (χ2n) is 6.69. The molecule has 0 saturated heterocycles. The molecule has 0 amide bonds. The number of nitrogens with one attached hydrogen (secondary N) is 1. The maximum absolute atomic E-state index is 6.32. The van der Waals surface area contributed by atoms with E-state index in [1.165, 1.54) is 32.1 Å². The molecule has 2 aliphatic carbocycles. The van der Waals surface area contributed by atoms with Crippen molar-refractivity contribution in [3.05, 3.63) is 12.4 Å². The van der Waals surface area contributed by atoms with Crippen LogP contribution >= 0.6 is 0 Å². The zero-order chi connectivity index (χ0) is 14.7. The Morgan fingerprint density at radius 2 is 2.14 bits per heavy atom. The standard InChI is InChI=1S/C17H29N3O/c1-3-10-20-13-14(12-19-20)21-16-11-15(18-4-2)17(16)8-6-5-7-9-17/h12-13,15-16,18H,3-11H2,1-2H3.